The quantitative estimate of drug-likeness (QED) is 0.848. The van der Waals surface area contributed by atoms with E-state index in [0.29, 0.717) is 35.6 Å². The molecule has 27 heavy (non-hydrogen) atoms. The van der Waals surface area contributed by atoms with E-state index in [1.807, 2.05) is 17.9 Å². The monoisotopic (exact) mass is 384 g/mol. The fourth-order valence-electron chi connectivity index (χ4n) is 3.19. The SMILES string of the molecule is CCN(c1ccc(C(=O)Nc2cccc(C#N)c2)cn1)C1CCS(=O)(=O)C1. The van der Waals surface area contributed by atoms with Crippen molar-refractivity contribution < 1.29 is 13.2 Å². The van der Waals surface area contributed by atoms with E-state index < -0.39 is 9.84 Å². The number of nitriles is 1. The van der Waals surface area contributed by atoms with Crippen LogP contribution in [0.25, 0.3) is 0 Å². The van der Waals surface area contributed by atoms with Crippen molar-refractivity contribution in [3.8, 4) is 6.07 Å². The van der Waals surface area contributed by atoms with Gasteiger partial charge in [0.05, 0.1) is 28.7 Å². The van der Waals surface area contributed by atoms with Crippen LogP contribution in [0.5, 0.6) is 0 Å². The third-order valence-electron chi connectivity index (χ3n) is 4.54. The van der Waals surface area contributed by atoms with E-state index in [0.717, 1.165) is 0 Å². The molecule has 1 fully saturated rings. The second kappa shape index (κ2) is 7.76. The van der Waals surface area contributed by atoms with Crippen molar-refractivity contribution in [2.24, 2.45) is 0 Å². The van der Waals surface area contributed by atoms with Crippen LogP contribution in [0.4, 0.5) is 11.5 Å². The molecular formula is C19H20N4O3S. The number of sulfone groups is 1. The Morgan fingerprint density at radius 2 is 2.19 bits per heavy atom. The van der Waals surface area contributed by atoms with Crippen LogP contribution >= 0.6 is 0 Å². The van der Waals surface area contributed by atoms with Gasteiger partial charge in [-0.05, 0) is 43.7 Å². The Hall–Kier alpha value is -2.92. The number of rotatable bonds is 5. The molecule has 2 heterocycles. The molecule has 0 saturated carbocycles. The summed E-state index contributed by atoms with van der Waals surface area (Å²) in [5, 5.41) is 11.7. The average Bonchev–Trinajstić information content (AvgIpc) is 3.02. The lowest BCUT2D eigenvalue weighted by molar-refractivity contribution is 0.102. The highest BCUT2D eigenvalue weighted by atomic mass is 32.2. The zero-order valence-electron chi connectivity index (χ0n) is 14.9. The third-order valence-corrected chi connectivity index (χ3v) is 6.29. The fourth-order valence-corrected chi connectivity index (χ4v) is 4.92. The Morgan fingerprint density at radius 3 is 2.78 bits per heavy atom. The lowest BCUT2D eigenvalue weighted by Crippen LogP contribution is -2.36. The lowest BCUT2D eigenvalue weighted by Gasteiger charge is -2.27. The van der Waals surface area contributed by atoms with E-state index in [1.165, 1.54) is 6.20 Å². The predicted molar refractivity (Wildman–Crippen MR) is 103 cm³/mol. The molecule has 1 atom stereocenters. The minimum atomic E-state index is -2.98. The molecule has 1 aromatic carbocycles. The number of hydrogen-bond acceptors (Lipinski definition) is 6. The number of anilines is 2. The Balaban J connectivity index is 1.72. The average molecular weight is 384 g/mol. The highest BCUT2D eigenvalue weighted by Crippen LogP contribution is 2.23. The highest BCUT2D eigenvalue weighted by molar-refractivity contribution is 7.91. The molecule has 0 aliphatic carbocycles. The molecular weight excluding hydrogens is 364 g/mol. The second-order valence-electron chi connectivity index (χ2n) is 6.39. The number of aromatic nitrogens is 1. The van der Waals surface area contributed by atoms with Crippen molar-refractivity contribution in [2.75, 3.05) is 28.3 Å². The van der Waals surface area contributed by atoms with Crippen molar-refractivity contribution in [2.45, 2.75) is 19.4 Å². The summed E-state index contributed by atoms with van der Waals surface area (Å²) >= 11 is 0. The third kappa shape index (κ3) is 4.44. The van der Waals surface area contributed by atoms with Gasteiger partial charge in [-0.15, -0.1) is 0 Å². The summed E-state index contributed by atoms with van der Waals surface area (Å²) < 4.78 is 23.5. The molecule has 0 radical (unpaired) electrons. The Kier molecular flexibility index (Phi) is 5.42. The Morgan fingerprint density at radius 1 is 1.37 bits per heavy atom. The number of pyridine rings is 1. The summed E-state index contributed by atoms with van der Waals surface area (Å²) in [7, 11) is -2.98. The first-order valence-electron chi connectivity index (χ1n) is 8.66. The van der Waals surface area contributed by atoms with Crippen molar-refractivity contribution in [1.29, 1.82) is 5.26 Å². The zero-order chi connectivity index (χ0) is 19.4. The maximum Gasteiger partial charge on any atom is 0.257 e. The molecule has 1 aliphatic rings. The minimum Gasteiger partial charge on any atom is -0.353 e. The second-order valence-corrected chi connectivity index (χ2v) is 8.62. The van der Waals surface area contributed by atoms with Gasteiger partial charge in [0.2, 0.25) is 0 Å². The summed E-state index contributed by atoms with van der Waals surface area (Å²) in [6, 6.07) is 12.0. The molecule has 1 unspecified atom stereocenters. The van der Waals surface area contributed by atoms with Crippen LogP contribution in [0.3, 0.4) is 0 Å². The summed E-state index contributed by atoms with van der Waals surface area (Å²) in [5.74, 6) is 0.675. The Labute approximate surface area is 158 Å². The van der Waals surface area contributed by atoms with Gasteiger partial charge in [-0.3, -0.25) is 4.79 Å². The first-order valence-corrected chi connectivity index (χ1v) is 10.5. The van der Waals surface area contributed by atoms with Gasteiger partial charge in [0.25, 0.3) is 5.91 Å². The molecule has 1 aromatic heterocycles. The zero-order valence-corrected chi connectivity index (χ0v) is 15.7. The predicted octanol–water partition coefficient (Wildman–Crippen LogP) is 2.22. The number of nitrogens with zero attached hydrogens (tertiary/aromatic N) is 3. The van der Waals surface area contributed by atoms with Gasteiger partial charge in [0, 0.05) is 24.5 Å². The van der Waals surface area contributed by atoms with Crippen LogP contribution in [0.15, 0.2) is 42.6 Å². The number of benzene rings is 1. The van der Waals surface area contributed by atoms with E-state index in [-0.39, 0.29) is 23.5 Å². The number of amides is 1. The van der Waals surface area contributed by atoms with Gasteiger partial charge in [-0.1, -0.05) is 6.07 Å². The maximum atomic E-state index is 12.4. The van der Waals surface area contributed by atoms with Crippen LogP contribution < -0.4 is 10.2 Å². The van der Waals surface area contributed by atoms with E-state index in [2.05, 4.69) is 10.3 Å². The summed E-state index contributed by atoms with van der Waals surface area (Å²) in [6.07, 6.45) is 2.07. The van der Waals surface area contributed by atoms with Gasteiger partial charge >= 0.3 is 0 Å². The van der Waals surface area contributed by atoms with Crippen LogP contribution in [-0.2, 0) is 9.84 Å². The molecule has 2 aromatic rings. The first-order chi connectivity index (χ1) is 12.9. The van der Waals surface area contributed by atoms with Crippen molar-refractivity contribution in [1.82, 2.24) is 4.98 Å². The molecule has 140 valence electrons. The maximum absolute atomic E-state index is 12.4. The van der Waals surface area contributed by atoms with Crippen LogP contribution in [0.2, 0.25) is 0 Å². The fraction of sp³-hybridized carbons (Fsp3) is 0.316. The number of hydrogen-bond donors (Lipinski definition) is 1. The van der Waals surface area contributed by atoms with Gasteiger partial charge in [-0.25, -0.2) is 13.4 Å². The normalized spacial score (nSPS) is 17.9. The van der Waals surface area contributed by atoms with Gasteiger partial charge < -0.3 is 10.2 Å². The van der Waals surface area contributed by atoms with Gasteiger partial charge in [0.15, 0.2) is 9.84 Å². The van der Waals surface area contributed by atoms with E-state index in [1.54, 1.807) is 36.4 Å². The molecule has 1 amide bonds. The summed E-state index contributed by atoms with van der Waals surface area (Å²) in [6.45, 7) is 2.59. The van der Waals surface area contributed by atoms with E-state index in [4.69, 9.17) is 5.26 Å². The lowest BCUT2D eigenvalue weighted by atomic mass is 10.2. The number of carbonyl (C=O) groups is 1. The van der Waals surface area contributed by atoms with Gasteiger partial charge in [0.1, 0.15) is 5.82 Å². The minimum absolute atomic E-state index is 0.0825. The van der Waals surface area contributed by atoms with Crippen LogP contribution in [0.1, 0.15) is 29.3 Å². The summed E-state index contributed by atoms with van der Waals surface area (Å²) in [4.78, 5) is 18.7. The van der Waals surface area contributed by atoms with Crippen molar-refractivity contribution >= 4 is 27.2 Å². The number of nitrogens with one attached hydrogen (secondary N) is 1. The molecule has 1 N–H and O–H groups in total. The topological polar surface area (TPSA) is 103 Å². The number of carbonyl (C=O) groups excluding carboxylic acids is 1. The molecule has 1 saturated heterocycles. The van der Waals surface area contributed by atoms with E-state index in [9.17, 15) is 13.2 Å². The van der Waals surface area contributed by atoms with Crippen LogP contribution in [0, 0.1) is 11.3 Å². The van der Waals surface area contributed by atoms with Gasteiger partial charge in [-0.2, -0.15) is 5.26 Å². The molecule has 7 nitrogen and oxygen atoms in total. The highest BCUT2D eigenvalue weighted by Gasteiger charge is 2.32. The van der Waals surface area contributed by atoms with Crippen molar-refractivity contribution in [3.05, 3.63) is 53.7 Å². The van der Waals surface area contributed by atoms with Crippen LogP contribution in [-0.4, -0.2) is 43.4 Å². The Bertz CT molecular complexity index is 981. The standard InChI is InChI=1S/C19H20N4O3S/c1-2-23(17-8-9-27(25,26)13-17)18-7-6-15(12-21-18)19(24)22-16-5-3-4-14(10-16)11-20/h3-7,10,12,17H,2,8-9,13H2,1H3,(H,22,24). The largest absolute Gasteiger partial charge is 0.353 e. The first kappa shape index (κ1) is 18.9. The molecule has 0 spiro atoms. The van der Waals surface area contributed by atoms with Crippen molar-refractivity contribution in [3.63, 3.8) is 0 Å². The summed E-state index contributed by atoms with van der Waals surface area (Å²) in [5.41, 5.74) is 1.39. The smallest absolute Gasteiger partial charge is 0.257 e. The molecule has 0 bridgehead atoms. The molecule has 3 rings (SSSR count). The van der Waals surface area contributed by atoms with E-state index >= 15 is 0 Å². The molecule has 8 heteroatoms. The molecule has 1 aliphatic heterocycles.